The average Bonchev–Trinajstić information content (AvgIpc) is 2.09. The lowest BCUT2D eigenvalue weighted by Crippen LogP contribution is -2.36. The van der Waals surface area contributed by atoms with Crippen LogP contribution in [0.25, 0.3) is 0 Å². The maximum Gasteiger partial charge on any atom is 0.0594 e. The molecule has 1 saturated heterocycles. The fraction of sp³-hybridized carbons (Fsp3) is 1.00. The average molecular weight is 142 g/mol. The molecule has 10 heavy (non-hydrogen) atoms. The molecule has 2 unspecified atom stereocenters. The number of nitrogens with zero attached hydrogens (tertiary/aromatic N) is 2. The van der Waals surface area contributed by atoms with Crippen molar-refractivity contribution in [3.05, 3.63) is 0 Å². The molecule has 0 bridgehead atoms. The van der Waals surface area contributed by atoms with E-state index in [0.717, 1.165) is 6.04 Å². The van der Waals surface area contributed by atoms with Crippen molar-refractivity contribution in [3.8, 4) is 0 Å². The topological polar surface area (TPSA) is 6.48 Å². The van der Waals surface area contributed by atoms with Crippen LogP contribution in [0.1, 0.15) is 20.8 Å². The standard InChI is InChI=1S/C8H18N2/c1-5-10-7(2)6-9(4)8(10)3/h7-8H,5-6H2,1-4H3. The molecule has 2 nitrogen and oxygen atoms in total. The Morgan fingerprint density at radius 2 is 2.00 bits per heavy atom. The summed E-state index contributed by atoms with van der Waals surface area (Å²) in [6.07, 6.45) is 0.639. The molecule has 1 aliphatic rings. The van der Waals surface area contributed by atoms with Crippen LogP contribution >= 0.6 is 0 Å². The highest BCUT2D eigenvalue weighted by Gasteiger charge is 2.29. The van der Waals surface area contributed by atoms with Crippen LogP contribution in [0.5, 0.6) is 0 Å². The minimum atomic E-state index is 0.639. The van der Waals surface area contributed by atoms with E-state index in [1.165, 1.54) is 13.1 Å². The van der Waals surface area contributed by atoms with Crippen molar-refractivity contribution >= 4 is 0 Å². The first-order valence-corrected chi connectivity index (χ1v) is 4.12. The Kier molecular flexibility index (Phi) is 2.32. The Bertz CT molecular complexity index is 114. The monoisotopic (exact) mass is 142 g/mol. The molecule has 0 saturated carbocycles. The highest BCUT2D eigenvalue weighted by atomic mass is 15.4. The zero-order chi connectivity index (χ0) is 7.72. The van der Waals surface area contributed by atoms with Gasteiger partial charge in [-0.05, 0) is 27.4 Å². The van der Waals surface area contributed by atoms with Crippen molar-refractivity contribution in [2.45, 2.75) is 33.0 Å². The van der Waals surface area contributed by atoms with Gasteiger partial charge in [0.25, 0.3) is 0 Å². The molecular weight excluding hydrogens is 124 g/mol. The van der Waals surface area contributed by atoms with Crippen molar-refractivity contribution in [1.29, 1.82) is 0 Å². The van der Waals surface area contributed by atoms with Gasteiger partial charge in [-0.1, -0.05) is 6.92 Å². The Labute approximate surface area is 63.8 Å². The molecule has 0 spiro atoms. The third-order valence-corrected chi connectivity index (χ3v) is 2.60. The second kappa shape index (κ2) is 2.89. The van der Waals surface area contributed by atoms with E-state index < -0.39 is 0 Å². The molecule has 0 radical (unpaired) electrons. The number of hydrogen-bond donors (Lipinski definition) is 0. The van der Waals surface area contributed by atoms with Gasteiger partial charge in [-0.25, -0.2) is 0 Å². The van der Waals surface area contributed by atoms with Crippen LogP contribution in [0.2, 0.25) is 0 Å². The van der Waals surface area contributed by atoms with Crippen LogP contribution in [0.3, 0.4) is 0 Å². The second-order valence-electron chi connectivity index (χ2n) is 3.25. The Morgan fingerprint density at radius 3 is 2.20 bits per heavy atom. The van der Waals surface area contributed by atoms with E-state index in [-0.39, 0.29) is 0 Å². The predicted octanol–water partition coefficient (Wildman–Crippen LogP) is 0.988. The molecule has 2 heteroatoms. The van der Waals surface area contributed by atoms with E-state index in [4.69, 9.17) is 0 Å². The maximum absolute atomic E-state index is 2.51. The lowest BCUT2D eigenvalue weighted by Gasteiger charge is -2.24. The minimum Gasteiger partial charge on any atom is -0.290 e. The fourth-order valence-electron chi connectivity index (χ4n) is 1.87. The largest absolute Gasteiger partial charge is 0.290 e. The first kappa shape index (κ1) is 8.02. The quantitative estimate of drug-likeness (QED) is 0.538. The summed E-state index contributed by atoms with van der Waals surface area (Å²) in [6, 6.07) is 0.741. The van der Waals surface area contributed by atoms with Gasteiger partial charge in [0.2, 0.25) is 0 Å². The summed E-state index contributed by atoms with van der Waals surface area (Å²) in [6.45, 7) is 9.18. The number of rotatable bonds is 1. The first-order chi connectivity index (χ1) is 4.66. The van der Waals surface area contributed by atoms with Gasteiger partial charge in [0, 0.05) is 12.6 Å². The van der Waals surface area contributed by atoms with E-state index in [1.807, 2.05) is 0 Å². The van der Waals surface area contributed by atoms with Gasteiger partial charge in [-0.2, -0.15) is 0 Å². The van der Waals surface area contributed by atoms with Crippen molar-refractivity contribution < 1.29 is 0 Å². The van der Waals surface area contributed by atoms with Crippen molar-refractivity contribution in [2.24, 2.45) is 0 Å². The lowest BCUT2D eigenvalue weighted by atomic mass is 10.3. The summed E-state index contributed by atoms with van der Waals surface area (Å²) in [5.41, 5.74) is 0. The van der Waals surface area contributed by atoms with Crippen LogP contribution in [-0.4, -0.2) is 42.1 Å². The van der Waals surface area contributed by atoms with Crippen LogP contribution in [0, 0.1) is 0 Å². The Balaban J connectivity index is 2.55. The highest BCUT2D eigenvalue weighted by molar-refractivity contribution is 4.82. The van der Waals surface area contributed by atoms with Crippen molar-refractivity contribution in [3.63, 3.8) is 0 Å². The van der Waals surface area contributed by atoms with Gasteiger partial charge in [0.05, 0.1) is 6.17 Å². The highest BCUT2D eigenvalue weighted by Crippen LogP contribution is 2.16. The van der Waals surface area contributed by atoms with Gasteiger partial charge in [0.1, 0.15) is 0 Å². The molecule has 0 N–H and O–H groups in total. The Morgan fingerprint density at radius 1 is 1.40 bits per heavy atom. The van der Waals surface area contributed by atoms with Crippen LogP contribution in [-0.2, 0) is 0 Å². The molecule has 1 fully saturated rings. The van der Waals surface area contributed by atoms with E-state index in [1.54, 1.807) is 0 Å². The van der Waals surface area contributed by atoms with Crippen molar-refractivity contribution in [1.82, 2.24) is 9.80 Å². The summed E-state index contributed by atoms with van der Waals surface area (Å²) < 4.78 is 0. The van der Waals surface area contributed by atoms with Crippen molar-refractivity contribution in [2.75, 3.05) is 20.1 Å². The summed E-state index contributed by atoms with van der Waals surface area (Å²) in [7, 11) is 2.19. The molecule has 1 heterocycles. The lowest BCUT2D eigenvalue weighted by molar-refractivity contribution is 0.165. The van der Waals surface area contributed by atoms with Crippen LogP contribution in [0.15, 0.2) is 0 Å². The van der Waals surface area contributed by atoms with E-state index >= 15 is 0 Å². The molecule has 0 aromatic heterocycles. The normalized spacial score (nSPS) is 37.2. The molecule has 2 atom stereocenters. The van der Waals surface area contributed by atoms with E-state index in [0.29, 0.717) is 6.17 Å². The summed E-state index contributed by atoms with van der Waals surface area (Å²) in [5.74, 6) is 0. The Hall–Kier alpha value is -0.0800. The second-order valence-corrected chi connectivity index (χ2v) is 3.25. The van der Waals surface area contributed by atoms with Crippen LogP contribution < -0.4 is 0 Å². The van der Waals surface area contributed by atoms with Gasteiger partial charge in [-0.3, -0.25) is 9.80 Å². The van der Waals surface area contributed by atoms with Gasteiger partial charge in [0.15, 0.2) is 0 Å². The third-order valence-electron chi connectivity index (χ3n) is 2.60. The zero-order valence-corrected chi connectivity index (χ0v) is 7.46. The smallest absolute Gasteiger partial charge is 0.0594 e. The zero-order valence-electron chi connectivity index (χ0n) is 7.46. The summed E-state index contributed by atoms with van der Waals surface area (Å²) in [4.78, 5) is 4.91. The number of likely N-dealkylation sites (N-methyl/N-ethyl adjacent to an activating group) is 2. The maximum atomic E-state index is 2.51. The molecule has 60 valence electrons. The number of hydrogen-bond acceptors (Lipinski definition) is 2. The van der Waals surface area contributed by atoms with Gasteiger partial charge >= 0.3 is 0 Å². The minimum absolute atomic E-state index is 0.639. The third kappa shape index (κ3) is 1.18. The molecule has 1 aliphatic heterocycles. The molecule has 0 amide bonds. The van der Waals surface area contributed by atoms with Gasteiger partial charge < -0.3 is 0 Å². The molecular formula is C8H18N2. The summed E-state index contributed by atoms with van der Waals surface area (Å²) in [5, 5.41) is 0. The summed E-state index contributed by atoms with van der Waals surface area (Å²) >= 11 is 0. The van der Waals surface area contributed by atoms with Gasteiger partial charge in [-0.15, -0.1) is 0 Å². The fourth-order valence-corrected chi connectivity index (χ4v) is 1.87. The van der Waals surface area contributed by atoms with E-state index in [9.17, 15) is 0 Å². The predicted molar refractivity (Wildman–Crippen MR) is 43.9 cm³/mol. The molecule has 0 aromatic rings. The molecule has 0 aliphatic carbocycles. The SMILES string of the molecule is CCN1C(C)CN(C)C1C. The molecule has 1 rings (SSSR count). The van der Waals surface area contributed by atoms with E-state index in [2.05, 4.69) is 37.6 Å². The van der Waals surface area contributed by atoms with Crippen LogP contribution in [0.4, 0.5) is 0 Å². The first-order valence-electron chi connectivity index (χ1n) is 4.12. The molecule has 0 aromatic carbocycles.